The van der Waals surface area contributed by atoms with Crippen LogP contribution in [0.3, 0.4) is 0 Å². The molecule has 0 aliphatic carbocycles. The van der Waals surface area contributed by atoms with Crippen LogP contribution < -0.4 is 5.32 Å². The van der Waals surface area contributed by atoms with Gasteiger partial charge in [-0.1, -0.05) is 0 Å². The van der Waals surface area contributed by atoms with Crippen molar-refractivity contribution in [2.45, 2.75) is 39.3 Å². The molecule has 0 bridgehead atoms. The third kappa shape index (κ3) is 5.60. The van der Waals surface area contributed by atoms with Gasteiger partial charge < -0.3 is 10.1 Å². The molecule has 0 saturated carbocycles. The van der Waals surface area contributed by atoms with Crippen LogP contribution in [0.4, 0.5) is 0 Å². The number of hydrogen-bond acceptors (Lipinski definition) is 4. The Morgan fingerprint density at radius 2 is 1.94 bits per heavy atom. The molecule has 0 spiro atoms. The van der Waals surface area contributed by atoms with Crippen molar-refractivity contribution in [1.29, 1.82) is 0 Å². The van der Waals surface area contributed by atoms with Gasteiger partial charge in [-0.15, -0.1) is 0 Å². The first-order valence-electron chi connectivity index (χ1n) is 5.13. The minimum absolute atomic E-state index is 0.193. The predicted molar refractivity (Wildman–Crippen MR) is 62.4 cm³/mol. The Labute approximate surface area is 97.4 Å². The van der Waals surface area contributed by atoms with Gasteiger partial charge in [0.2, 0.25) is 0 Å². The fraction of sp³-hybridized carbons (Fsp3) is 0.727. The summed E-state index contributed by atoms with van der Waals surface area (Å²) in [5.41, 5.74) is -0.333. The molecule has 0 aliphatic heterocycles. The van der Waals surface area contributed by atoms with Crippen LogP contribution in [0.5, 0.6) is 0 Å². The summed E-state index contributed by atoms with van der Waals surface area (Å²) in [5.74, 6) is 0.180. The lowest BCUT2D eigenvalue weighted by molar-refractivity contribution is -0.170. The zero-order chi connectivity index (χ0) is 12.9. The molecule has 5 heteroatoms. The molecule has 5 nitrogen and oxygen atoms in total. The molecule has 94 valence electrons. The first-order valence-corrected chi connectivity index (χ1v) is 5.13. The van der Waals surface area contributed by atoms with Crippen LogP contribution in [-0.4, -0.2) is 36.8 Å². The van der Waals surface area contributed by atoms with Gasteiger partial charge in [-0.3, -0.25) is 9.63 Å². The van der Waals surface area contributed by atoms with Gasteiger partial charge >= 0.3 is 0 Å². The molecule has 0 aromatic rings. The zero-order valence-electron chi connectivity index (χ0n) is 11.0. The van der Waals surface area contributed by atoms with Gasteiger partial charge in [-0.2, -0.15) is 0 Å². The summed E-state index contributed by atoms with van der Waals surface area (Å²) in [6.07, 6.45) is 0. The molecule has 1 amide bonds. The van der Waals surface area contributed by atoms with Gasteiger partial charge in [0, 0.05) is 7.05 Å². The van der Waals surface area contributed by atoms with Crippen LogP contribution in [0.25, 0.3) is 0 Å². The quantitative estimate of drug-likeness (QED) is 0.571. The van der Waals surface area contributed by atoms with Gasteiger partial charge in [0.1, 0.15) is 11.6 Å². The van der Waals surface area contributed by atoms with E-state index in [9.17, 15) is 4.79 Å². The molecule has 1 atom stereocenters. The highest BCUT2D eigenvalue weighted by Gasteiger charge is 2.20. The van der Waals surface area contributed by atoms with E-state index in [2.05, 4.69) is 11.9 Å². The molecule has 0 heterocycles. The maximum atomic E-state index is 11.6. The van der Waals surface area contributed by atoms with Crippen molar-refractivity contribution in [2.24, 2.45) is 0 Å². The van der Waals surface area contributed by atoms with Crippen LogP contribution in [0, 0.1) is 0 Å². The Morgan fingerprint density at radius 1 is 1.44 bits per heavy atom. The second-order valence-electron chi connectivity index (χ2n) is 4.52. The highest BCUT2D eigenvalue weighted by Crippen LogP contribution is 2.10. The van der Waals surface area contributed by atoms with E-state index in [0.717, 1.165) is 5.06 Å². The van der Waals surface area contributed by atoms with Crippen LogP contribution in [-0.2, 0) is 14.4 Å². The summed E-state index contributed by atoms with van der Waals surface area (Å²) in [4.78, 5) is 16.4. The van der Waals surface area contributed by atoms with E-state index >= 15 is 0 Å². The van der Waals surface area contributed by atoms with Crippen LogP contribution >= 0.6 is 0 Å². The lowest BCUT2D eigenvalue weighted by Gasteiger charge is -2.26. The summed E-state index contributed by atoms with van der Waals surface area (Å²) in [7, 11) is 2.99. The molecule has 1 N–H and O–H groups in total. The number of carbonyl (C=O) groups excluding carboxylic acids is 1. The van der Waals surface area contributed by atoms with Crippen LogP contribution in [0.2, 0.25) is 0 Å². The number of rotatable bonds is 5. The van der Waals surface area contributed by atoms with Crippen molar-refractivity contribution in [3.05, 3.63) is 12.5 Å². The number of likely N-dealkylation sites (N-methyl/N-ethyl adjacent to an activating group) is 1. The normalized spacial score (nSPS) is 12.9. The van der Waals surface area contributed by atoms with Crippen LogP contribution in [0.15, 0.2) is 12.5 Å². The predicted octanol–water partition coefficient (Wildman–Crippen LogP) is 1.27. The largest absolute Gasteiger partial charge is 0.474 e. The number of ether oxygens (including phenoxy) is 1. The van der Waals surface area contributed by atoms with Crippen molar-refractivity contribution in [3.63, 3.8) is 0 Å². The number of nitrogens with zero attached hydrogens (tertiary/aromatic N) is 1. The zero-order valence-corrected chi connectivity index (χ0v) is 11.0. The Hall–Kier alpha value is -1.23. The second-order valence-corrected chi connectivity index (χ2v) is 4.52. The van der Waals surface area contributed by atoms with Crippen molar-refractivity contribution < 1.29 is 14.4 Å². The van der Waals surface area contributed by atoms with Gasteiger partial charge in [0.15, 0.2) is 5.88 Å². The summed E-state index contributed by atoms with van der Waals surface area (Å²) in [6, 6.07) is -0.445. The van der Waals surface area contributed by atoms with E-state index in [1.807, 2.05) is 20.8 Å². The van der Waals surface area contributed by atoms with E-state index in [1.165, 1.54) is 7.11 Å². The fourth-order valence-corrected chi connectivity index (χ4v) is 1.06. The lowest BCUT2D eigenvalue weighted by atomic mass is 10.2. The third-order valence-corrected chi connectivity index (χ3v) is 1.76. The molecule has 0 aliphatic rings. The summed E-state index contributed by atoms with van der Waals surface area (Å²) >= 11 is 0. The Morgan fingerprint density at radius 3 is 2.31 bits per heavy atom. The molecule has 0 saturated heterocycles. The van der Waals surface area contributed by atoms with E-state index in [-0.39, 0.29) is 11.5 Å². The molecule has 16 heavy (non-hydrogen) atoms. The monoisotopic (exact) mass is 230 g/mol. The van der Waals surface area contributed by atoms with Gasteiger partial charge in [-0.05, 0) is 34.3 Å². The standard InChI is InChI=1S/C11H22N2O3/c1-8(10(14)13(6)15-7)12-9(2)16-11(3,4)5/h8,12H,2H2,1,3-7H3. The molecule has 0 fully saturated rings. The van der Waals surface area contributed by atoms with E-state index in [4.69, 9.17) is 9.57 Å². The second kappa shape index (κ2) is 5.75. The van der Waals surface area contributed by atoms with E-state index in [0.29, 0.717) is 5.88 Å². The summed E-state index contributed by atoms with van der Waals surface area (Å²) in [5, 5.41) is 4.02. The third-order valence-electron chi connectivity index (χ3n) is 1.76. The molecule has 0 aromatic carbocycles. The van der Waals surface area contributed by atoms with Crippen molar-refractivity contribution in [2.75, 3.05) is 14.2 Å². The Balaban J connectivity index is 4.20. The molecule has 0 aromatic heterocycles. The average molecular weight is 230 g/mol. The summed E-state index contributed by atoms with van der Waals surface area (Å²) < 4.78 is 5.45. The first kappa shape index (κ1) is 14.8. The number of nitrogens with one attached hydrogen (secondary N) is 1. The number of amides is 1. The van der Waals surface area contributed by atoms with Gasteiger partial charge in [0.05, 0.1) is 7.11 Å². The van der Waals surface area contributed by atoms with E-state index in [1.54, 1.807) is 14.0 Å². The number of carbonyl (C=O) groups is 1. The lowest BCUT2D eigenvalue weighted by Crippen LogP contribution is -2.43. The summed E-state index contributed by atoms with van der Waals surface area (Å²) in [6.45, 7) is 11.2. The Bertz CT molecular complexity index is 258. The maximum Gasteiger partial charge on any atom is 0.268 e. The van der Waals surface area contributed by atoms with Crippen molar-refractivity contribution in [3.8, 4) is 0 Å². The molecule has 0 radical (unpaired) electrons. The van der Waals surface area contributed by atoms with Crippen molar-refractivity contribution >= 4 is 5.91 Å². The SMILES string of the molecule is C=C(NC(C)C(=O)N(C)OC)OC(C)(C)C. The molecular weight excluding hydrogens is 208 g/mol. The highest BCUT2D eigenvalue weighted by atomic mass is 16.7. The van der Waals surface area contributed by atoms with Gasteiger partial charge in [0.25, 0.3) is 5.91 Å². The molecule has 1 unspecified atom stereocenters. The van der Waals surface area contributed by atoms with Crippen LogP contribution in [0.1, 0.15) is 27.7 Å². The molecule has 0 rings (SSSR count). The smallest absolute Gasteiger partial charge is 0.268 e. The number of hydrogen-bond donors (Lipinski definition) is 1. The first-order chi connectivity index (χ1) is 7.17. The van der Waals surface area contributed by atoms with E-state index < -0.39 is 6.04 Å². The number of hydroxylamine groups is 2. The highest BCUT2D eigenvalue weighted by molar-refractivity contribution is 5.80. The molecular formula is C11H22N2O3. The fourth-order valence-electron chi connectivity index (χ4n) is 1.06. The minimum Gasteiger partial charge on any atom is -0.474 e. The average Bonchev–Trinajstić information content (AvgIpc) is 2.12. The minimum atomic E-state index is -0.445. The maximum absolute atomic E-state index is 11.6. The van der Waals surface area contributed by atoms with Gasteiger partial charge in [-0.25, -0.2) is 5.06 Å². The Kier molecular flexibility index (Phi) is 5.30. The van der Waals surface area contributed by atoms with Crippen molar-refractivity contribution in [1.82, 2.24) is 10.4 Å². The topological polar surface area (TPSA) is 50.8 Å².